The van der Waals surface area contributed by atoms with Crippen LogP contribution in [0.25, 0.3) is 10.4 Å². The third-order valence-electron chi connectivity index (χ3n) is 2.54. The highest BCUT2D eigenvalue weighted by Crippen LogP contribution is 2.20. The van der Waals surface area contributed by atoms with E-state index in [2.05, 4.69) is 10.0 Å². The maximum absolute atomic E-state index is 10.6. The largest absolute Gasteiger partial charge is 0.462 e. The van der Waals surface area contributed by atoms with Crippen LogP contribution in [0.3, 0.4) is 0 Å². The van der Waals surface area contributed by atoms with E-state index in [9.17, 15) is 9.90 Å². The fourth-order valence-corrected chi connectivity index (χ4v) is 1.38. The van der Waals surface area contributed by atoms with Crippen molar-refractivity contribution in [1.29, 1.82) is 0 Å². The molecule has 0 aromatic carbocycles. The molecule has 0 fully saturated rings. The third kappa shape index (κ3) is 7.70. The van der Waals surface area contributed by atoms with Gasteiger partial charge in [-0.2, -0.15) is 0 Å². The van der Waals surface area contributed by atoms with Gasteiger partial charge in [-0.3, -0.25) is 4.79 Å². The zero-order chi connectivity index (χ0) is 14.2. The summed E-state index contributed by atoms with van der Waals surface area (Å²) in [5.74, 6) is -0.317. The predicted octanol–water partition coefficient (Wildman–Crippen LogP) is 2.73. The monoisotopic (exact) mass is 255 g/mol. The number of allylic oxidation sites excluding steroid dienone is 1. The summed E-state index contributed by atoms with van der Waals surface area (Å²) in [6.45, 7) is 6.74. The normalized spacial score (nSPS) is 13.7. The van der Waals surface area contributed by atoms with Crippen LogP contribution in [-0.4, -0.2) is 29.3 Å². The van der Waals surface area contributed by atoms with Crippen molar-refractivity contribution in [3.05, 3.63) is 22.1 Å². The van der Waals surface area contributed by atoms with Crippen LogP contribution in [0.4, 0.5) is 0 Å². The Balaban J connectivity index is 4.27. The van der Waals surface area contributed by atoms with E-state index in [1.807, 2.05) is 6.92 Å². The summed E-state index contributed by atoms with van der Waals surface area (Å²) in [6, 6.07) is -0.473. The number of carbonyl (C=O) groups excluding carboxylic acids is 1. The molecule has 0 aromatic heterocycles. The summed E-state index contributed by atoms with van der Waals surface area (Å²) < 4.78 is 4.79. The number of aliphatic hydroxyl groups is 1. The molecule has 0 saturated carbocycles. The van der Waals surface area contributed by atoms with Crippen LogP contribution in [0, 0.1) is 0 Å². The van der Waals surface area contributed by atoms with Gasteiger partial charge < -0.3 is 9.84 Å². The summed E-state index contributed by atoms with van der Waals surface area (Å²) in [7, 11) is 0. The number of ether oxygens (including phenoxy) is 1. The Labute approximate surface area is 107 Å². The van der Waals surface area contributed by atoms with E-state index in [1.165, 1.54) is 6.92 Å². The molecule has 0 radical (unpaired) electrons. The van der Waals surface area contributed by atoms with E-state index in [-0.39, 0.29) is 12.6 Å². The number of carbonyl (C=O) groups is 1. The molecule has 0 bridgehead atoms. The van der Waals surface area contributed by atoms with Crippen LogP contribution < -0.4 is 0 Å². The Morgan fingerprint density at radius 3 is 2.61 bits per heavy atom. The summed E-state index contributed by atoms with van der Waals surface area (Å²) in [4.78, 5) is 13.3. The molecule has 0 saturated heterocycles. The average molecular weight is 255 g/mol. The molecule has 1 unspecified atom stereocenters. The van der Waals surface area contributed by atoms with E-state index in [0.29, 0.717) is 12.8 Å². The summed E-state index contributed by atoms with van der Waals surface area (Å²) >= 11 is 0. The molecule has 1 N–H and O–H groups in total. The van der Waals surface area contributed by atoms with Crippen molar-refractivity contribution in [2.45, 2.75) is 52.2 Å². The Hall–Kier alpha value is -1.52. The number of nitrogens with zero attached hydrogens (tertiary/aromatic N) is 3. The van der Waals surface area contributed by atoms with Gasteiger partial charge >= 0.3 is 5.97 Å². The molecule has 102 valence electrons. The first-order chi connectivity index (χ1) is 8.27. The molecule has 0 aliphatic heterocycles. The topological polar surface area (TPSA) is 95.3 Å². The molecular formula is C12H21N3O3. The molecule has 0 rings (SSSR count). The lowest BCUT2D eigenvalue weighted by atomic mass is 9.94. The second-order valence-electron chi connectivity index (χ2n) is 4.77. The molecule has 18 heavy (non-hydrogen) atoms. The van der Waals surface area contributed by atoms with Crippen LogP contribution in [0.5, 0.6) is 0 Å². The molecule has 0 aliphatic rings. The minimum atomic E-state index is -1.04. The molecule has 0 amide bonds. The molecule has 0 spiro atoms. The van der Waals surface area contributed by atoms with Crippen LogP contribution in [0.15, 0.2) is 16.8 Å². The highest BCUT2D eigenvalue weighted by atomic mass is 16.5. The molecule has 0 heterocycles. The van der Waals surface area contributed by atoms with Crippen molar-refractivity contribution in [3.8, 4) is 0 Å². The maximum atomic E-state index is 10.6. The predicted molar refractivity (Wildman–Crippen MR) is 68.9 cm³/mol. The Morgan fingerprint density at radius 1 is 1.56 bits per heavy atom. The second-order valence-corrected chi connectivity index (χ2v) is 4.77. The highest BCUT2D eigenvalue weighted by Gasteiger charge is 2.25. The molecule has 0 aliphatic carbocycles. The summed E-state index contributed by atoms with van der Waals surface area (Å²) in [5, 5.41) is 13.4. The van der Waals surface area contributed by atoms with Crippen molar-refractivity contribution < 1.29 is 14.6 Å². The fourth-order valence-electron chi connectivity index (χ4n) is 1.38. The van der Waals surface area contributed by atoms with E-state index < -0.39 is 11.6 Å². The highest BCUT2D eigenvalue weighted by molar-refractivity contribution is 5.66. The number of rotatable bonds is 7. The van der Waals surface area contributed by atoms with Crippen molar-refractivity contribution in [1.82, 2.24) is 0 Å². The third-order valence-corrected chi connectivity index (χ3v) is 2.54. The van der Waals surface area contributed by atoms with Crippen molar-refractivity contribution in [2.24, 2.45) is 5.11 Å². The standard InChI is InChI=1S/C12H21N3O3/c1-9(7-8-18-10(2)16)5-6-11(14-15-13)12(3,4)17/h7,11,17H,5-6,8H2,1-4H3/b9-7+. The lowest BCUT2D eigenvalue weighted by Gasteiger charge is -2.25. The first-order valence-electron chi connectivity index (χ1n) is 5.83. The van der Waals surface area contributed by atoms with Crippen LogP contribution >= 0.6 is 0 Å². The van der Waals surface area contributed by atoms with Gasteiger partial charge in [-0.1, -0.05) is 10.7 Å². The number of hydrogen-bond acceptors (Lipinski definition) is 4. The van der Waals surface area contributed by atoms with Gasteiger partial charge in [-0.15, -0.1) is 0 Å². The quantitative estimate of drug-likeness (QED) is 0.249. The SMILES string of the molecule is CC(=O)OC/C=C(\C)CCC(N=[N+]=[N-])C(C)(C)O. The fraction of sp³-hybridized carbons (Fsp3) is 0.750. The Morgan fingerprint density at radius 2 is 2.17 bits per heavy atom. The number of hydrogen-bond donors (Lipinski definition) is 1. The van der Waals surface area contributed by atoms with E-state index in [1.54, 1.807) is 19.9 Å². The van der Waals surface area contributed by atoms with E-state index in [4.69, 9.17) is 10.3 Å². The number of azide groups is 1. The minimum absolute atomic E-state index is 0.246. The first-order valence-corrected chi connectivity index (χ1v) is 5.83. The van der Waals surface area contributed by atoms with E-state index in [0.717, 1.165) is 5.57 Å². The zero-order valence-electron chi connectivity index (χ0n) is 11.4. The van der Waals surface area contributed by atoms with Crippen LogP contribution in [0.2, 0.25) is 0 Å². The van der Waals surface area contributed by atoms with Crippen molar-refractivity contribution >= 4 is 5.97 Å². The number of esters is 1. The van der Waals surface area contributed by atoms with Gasteiger partial charge in [0.25, 0.3) is 0 Å². The second kappa shape index (κ2) is 7.74. The Bertz CT molecular complexity index is 352. The van der Waals surface area contributed by atoms with Gasteiger partial charge in [0.1, 0.15) is 6.61 Å². The molecule has 0 aromatic rings. The van der Waals surface area contributed by atoms with Gasteiger partial charge in [0.15, 0.2) is 0 Å². The summed E-state index contributed by atoms with van der Waals surface area (Å²) in [6.07, 6.45) is 3.03. The van der Waals surface area contributed by atoms with Gasteiger partial charge in [-0.25, -0.2) is 0 Å². The van der Waals surface area contributed by atoms with Gasteiger partial charge in [0.05, 0.1) is 11.6 Å². The van der Waals surface area contributed by atoms with Crippen LogP contribution in [-0.2, 0) is 9.53 Å². The molecule has 6 nitrogen and oxygen atoms in total. The summed E-state index contributed by atoms with van der Waals surface area (Å²) in [5.41, 5.74) is 8.43. The van der Waals surface area contributed by atoms with Crippen LogP contribution in [0.1, 0.15) is 40.5 Å². The molecule has 6 heteroatoms. The average Bonchev–Trinajstić information content (AvgIpc) is 2.21. The van der Waals surface area contributed by atoms with Gasteiger partial charge in [0.2, 0.25) is 0 Å². The van der Waals surface area contributed by atoms with Crippen molar-refractivity contribution in [3.63, 3.8) is 0 Å². The lowest BCUT2D eigenvalue weighted by Crippen LogP contribution is -2.34. The smallest absolute Gasteiger partial charge is 0.302 e. The minimum Gasteiger partial charge on any atom is -0.462 e. The lowest BCUT2D eigenvalue weighted by molar-refractivity contribution is -0.139. The Kier molecular flexibility index (Phi) is 7.08. The van der Waals surface area contributed by atoms with E-state index >= 15 is 0 Å². The molecular weight excluding hydrogens is 234 g/mol. The van der Waals surface area contributed by atoms with Gasteiger partial charge in [-0.05, 0) is 45.2 Å². The van der Waals surface area contributed by atoms with Crippen molar-refractivity contribution in [2.75, 3.05) is 6.61 Å². The zero-order valence-corrected chi connectivity index (χ0v) is 11.4. The molecule has 1 atom stereocenters. The first kappa shape index (κ1) is 16.5. The maximum Gasteiger partial charge on any atom is 0.302 e. The van der Waals surface area contributed by atoms with Gasteiger partial charge in [0, 0.05) is 11.8 Å².